The first kappa shape index (κ1) is 19.5. The first-order valence-electron chi connectivity index (χ1n) is 9.01. The molecule has 3 aromatic rings. The standard InChI is InChI=1S/C22H23NO5/c1-14-18-8-7-17(27-3)12-20(18)28-22(25)19(14)9-10-21(24)23-13-15-5-4-6-16(11-15)26-2/h4-8,11-12H,9-10,13H2,1-3H3,(H,23,24). The molecule has 0 saturated heterocycles. The van der Waals surface area contributed by atoms with Gasteiger partial charge >= 0.3 is 5.63 Å². The van der Waals surface area contributed by atoms with Gasteiger partial charge in [0.25, 0.3) is 0 Å². The Hall–Kier alpha value is -3.28. The third-order valence-corrected chi connectivity index (χ3v) is 4.72. The Balaban J connectivity index is 1.67. The molecule has 0 aliphatic rings. The van der Waals surface area contributed by atoms with E-state index in [0.29, 0.717) is 29.9 Å². The van der Waals surface area contributed by atoms with Crippen molar-refractivity contribution in [1.29, 1.82) is 0 Å². The first-order chi connectivity index (χ1) is 13.5. The fraction of sp³-hybridized carbons (Fsp3) is 0.273. The van der Waals surface area contributed by atoms with E-state index >= 15 is 0 Å². The van der Waals surface area contributed by atoms with Crippen LogP contribution in [0.15, 0.2) is 51.7 Å². The molecule has 0 bridgehead atoms. The minimum absolute atomic E-state index is 0.128. The topological polar surface area (TPSA) is 77.8 Å². The summed E-state index contributed by atoms with van der Waals surface area (Å²) in [5.74, 6) is 1.24. The van der Waals surface area contributed by atoms with Gasteiger partial charge in [0.2, 0.25) is 5.91 Å². The highest BCUT2D eigenvalue weighted by Crippen LogP contribution is 2.24. The molecule has 0 radical (unpaired) electrons. The molecule has 1 amide bonds. The maximum atomic E-state index is 12.4. The monoisotopic (exact) mass is 381 g/mol. The van der Waals surface area contributed by atoms with E-state index < -0.39 is 5.63 Å². The van der Waals surface area contributed by atoms with Crippen molar-refractivity contribution >= 4 is 16.9 Å². The predicted octanol–water partition coefficient (Wildman–Crippen LogP) is 3.37. The molecule has 0 atom stereocenters. The molecule has 3 rings (SSSR count). The van der Waals surface area contributed by atoms with Gasteiger partial charge < -0.3 is 19.2 Å². The highest BCUT2D eigenvalue weighted by Gasteiger charge is 2.13. The molecule has 0 saturated carbocycles. The largest absolute Gasteiger partial charge is 0.497 e. The summed E-state index contributed by atoms with van der Waals surface area (Å²) >= 11 is 0. The van der Waals surface area contributed by atoms with Crippen LogP contribution in [0.1, 0.15) is 23.1 Å². The number of aryl methyl sites for hydroxylation is 1. The molecule has 2 aromatic carbocycles. The number of methoxy groups -OCH3 is 2. The fourth-order valence-corrected chi connectivity index (χ4v) is 3.10. The third-order valence-electron chi connectivity index (χ3n) is 4.72. The van der Waals surface area contributed by atoms with Crippen molar-refractivity contribution in [2.24, 2.45) is 0 Å². The van der Waals surface area contributed by atoms with E-state index in [1.807, 2.05) is 43.3 Å². The zero-order valence-electron chi connectivity index (χ0n) is 16.2. The van der Waals surface area contributed by atoms with Crippen molar-refractivity contribution in [2.45, 2.75) is 26.3 Å². The van der Waals surface area contributed by atoms with Gasteiger partial charge in [-0.25, -0.2) is 4.79 Å². The minimum atomic E-state index is -0.418. The fourth-order valence-electron chi connectivity index (χ4n) is 3.10. The second kappa shape index (κ2) is 8.61. The highest BCUT2D eigenvalue weighted by atomic mass is 16.5. The van der Waals surface area contributed by atoms with Gasteiger partial charge in [0.15, 0.2) is 0 Å². The van der Waals surface area contributed by atoms with Gasteiger partial charge in [-0.15, -0.1) is 0 Å². The van der Waals surface area contributed by atoms with Gasteiger partial charge in [-0.2, -0.15) is 0 Å². The summed E-state index contributed by atoms with van der Waals surface area (Å²) < 4.78 is 15.8. The number of amides is 1. The number of nitrogens with one attached hydrogen (secondary N) is 1. The van der Waals surface area contributed by atoms with Crippen LogP contribution in [0.25, 0.3) is 11.0 Å². The van der Waals surface area contributed by atoms with Crippen molar-refractivity contribution in [2.75, 3.05) is 14.2 Å². The van der Waals surface area contributed by atoms with Crippen LogP contribution in [0.2, 0.25) is 0 Å². The number of fused-ring (bicyclic) bond motifs is 1. The van der Waals surface area contributed by atoms with Crippen molar-refractivity contribution in [3.05, 3.63) is 69.6 Å². The maximum Gasteiger partial charge on any atom is 0.339 e. The number of benzene rings is 2. The zero-order chi connectivity index (χ0) is 20.1. The molecular weight excluding hydrogens is 358 g/mol. The number of carbonyl (C=O) groups is 1. The Kier molecular flexibility index (Phi) is 5.99. The molecule has 0 aliphatic heterocycles. The van der Waals surface area contributed by atoms with Crippen molar-refractivity contribution in [3.8, 4) is 11.5 Å². The number of hydrogen-bond acceptors (Lipinski definition) is 5. The lowest BCUT2D eigenvalue weighted by molar-refractivity contribution is -0.121. The summed E-state index contributed by atoms with van der Waals surface area (Å²) in [7, 11) is 3.16. The van der Waals surface area contributed by atoms with Gasteiger partial charge in [-0.05, 0) is 48.7 Å². The SMILES string of the molecule is COc1cccc(CNC(=O)CCc2c(C)c3ccc(OC)cc3oc2=O)c1. The van der Waals surface area contributed by atoms with E-state index in [0.717, 1.165) is 22.3 Å². The quantitative estimate of drug-likeness (QED) is 0.635. The number of hydrogen-bond donors (Lipinski definition) is 1. The summed E-state index contributed by atoms with van der Waals surface area (Å²) in [6, 6.07) is 12.9. The van der Waals surface area contributed by atoms with Crippen molar-refractivity contribution < 1.29 is 18.7 Å². The summed E-state index contributed by atoms with van der Waals surface area (Å²) in [6.07, 6.45) is 0.525. The van der Waals surface area contributed by atoms with Gasteiger partial charge in [0.1, 0.15) is 17.1 Å². The smallest absolute Gasteiger partial charge is 0.339 e. The molecular formula is C22H23NO5. The average Bonchev–Trinajstić information content (AvgIpc) is 2.71. The summed E-state index contributed by atoms with van der Waals surface area (Å²) in [6.45, 7) is 2.27. The lowest BCUT2D eigenvalue weighted by Crippen LogP contribution is -2.24. The number of rotatable bonds is 7. The second-order valence-corrected chi connectivity index (χ2v) is 6.48. The van der Waals surface area contributed by atoms with E-state index in [2.05, 4.69) is 5.32 Å². The van der Waals surface area contributed by atoms with Gasteiger partial charge in [0.05, 0.1) is 14.2 Å². The van der Waals surface area contributed by atoms with Crippen molar-refractivity contribution in [3.63, 3.8) is 0 Å². The molecule has 1 heterocycles. The molecule has 146 valence electrons. The lowest BCUT2D eigenvalue weighted by atomic mass is 10.0. The van der Waals surface area contributed by atoms with Gasteiger partial charge in [0, 0.05) is 30.0 Å². The molecule has 6 heteroatoms. The maximum absolute atomic E-state index is 12.4. The number of ether oxygens (including phenoxy) is 2. The Bertz CT molecular complexity index is 1050. The molecule has 0 spiro atoms. The van der Waals surface area contributed by atoms with Crippen molar-refractivity contribution in [1.82, 2.24) is 5.32 Å². The Labute approximate surface area is 163 Å². The van der Waals surface area contributed by atoms with Crippen LogP contribution in [0, 0.1) is 6.92 Å². The first-order valence-corrected chi connectivity index (χ1v) is 9.01. The summed E-state index contributed by atoms with van der Waals surface area (Å²) in [5, 5.41) is 3.71. The minimum Gasteiger partial charge on any atom is -0.497 e. The molecule has 28 heavy (non-hydrogen) atoms. The van der Waals surface area contributed by atoms with Gasteiger partial charge in [-0.3, -0.25) is 4.79 Å². The Morgan fingerprint density at radius 2 is 1.82 bits per heavy atom. The summed E-state index contributed by atoms with van der Waals surface area (Å²) in [4.78, 5) is 24.6. The molecule has 6 nitrogen and oxygen atoms in total. The van der Waals surface area contributed by atoms with Crippen LogP contribution in [-0.2, 0) is 17.8 Å². The predicted molar refractivity (Wildman–Crippen MR) is 107 cm³/mol. The molecule has 1 N–H and O–H groups in total. The van der Waals surface area contributed by atoms with Crippen LogP contribution in [0.4, 0.5) is 0 Å². The Morgan fingerprint density at radius 3 is 2.57 bits per heavy atom. The van der Waals surface area contributed by atoms with Gasteiger partial charge in [-0.1, -0.05) is 12.1 Å². The van der Waals surface area contributed by atoms with E-state index in [1.165, 1.54) is 0 Å². The van der Waals surface area contributed by atoms with Crippen LogP contribution >= 0.6 is 0 Å². The lowest BCUT2D eigenvalue weighted by Gasteiger charge is -2.10. The van der Waals surface area contributed by atoms with Crippen LogP contribution in [0.3, 0.4) is 0 Å². The second-order valence-electron chi connectivity index (χ2n) is 6.48. The third kappa shape index (κ3) is 4.34. The zero-order valence-corrected chi connectivity index (χ0v) is 16.2. The molecule has 0 aliphatic carbocycles. The van der Waals surface area contributed by atoms with Crippen LogP contribution in [-0.4, -0.2) is 20.1 Å². The molecule has 1 aromatic heterocycles. The summed E-state index contributed by atoms with van der Waals surface area (Å²) in [5.41, 5.74) is 2.36. The van der Waals surface area contributed by atoms with E-state index in [9.17, 15) is 9.59 Å². The van der Waals surface area contributed by atoms with Crippen LogP contribution < -0.4 is 20.4 Å². The normalized spacial score (nSPS) is 10.7. The van der Waals surface area contributed by atoms with E-state index in [4.69, 9.17) is 13.9 Å². The van der Waals surface area contributed by atoms with E-state index in [1.54, 1.807) is 20.3 Å². The molecule has 0 fully saturated rings. The average molecular weight is 381 g/mol. The number of carbonyl (C=O) groups excluding carboxylic acids is 1. The Morgan fingerprint density at radius 1 is 1.07 bits per heavy atom. The van der Waals surface area contributed by atoms with Crippen LogP contribution in [0.5, 0.6) is 11.5 Å². The van der Waals surface area contributed by atoms with E-state index in [-0.39, 0.29) is 12.3 Å². The highest BCUT2D eigenvalue weighted by molar-refractivity contribution is 5.82. The molecule has 0 unspecified atom stereocenters.